The molecule has 2 heterocycles. The summed E-state index contributed by atoms with van der Waals surface area (Å²) < 4.78 is 0. The summed E-state index contributed by atoms with van der Waals surface area (Å²) in [5, 5.41) is 12.1. The van der Waals surface area contributed by atoms with Crippen molar-refractivity contribution in [2.24, 2.45) is 11.3 Å². The van der Waals surface area contributed by atoms with E-state index >= 15 is 0 Å². The van der Waals surface area contributed by atoms with E-state index in [0.29, 0.717) is 32.6 Å². The van der Waals surface area contributed by atoms with E-state index in [1.54, 1.807) is 14.1 Å². The van der Waals surface area contributed by atoms with Gasteiger partial charge >= 0.3 is 0 Å². The molecule has 1 N–H and O–H groups in total. The van der Waals surface area contributed by atoms with Crippen molar-refractivity contribution in [3.05, 3.63) is 70.8 Å². The maximum Gasteiger partial charge on any atom is 0.254 e. The van der Waals surface area contributed by atoms with Crippen LogP contribution in [-0.2, 0) is 22.6 Å². The minimum absolute atomic E-state index is 0.0234. The predicted octanol–water partition coefficient (Wildman–Crippen LogP) is 4.06. The lowest BCUT2D eigenvalue weighted by Gasteiger charge is -2.53. The molecule has 0 aromatic heterocycles. The van der Waals surface area contributed by atoms with Gasteiger partial charge in [0.25, 0.3) is 5.91 Å². The molecule has 2 atom stereocenters. The Kier molecular flexibility index (Phi) is 8.80. The molecule has 1 spiro atoms. The van der Waals surface area contributed by atoms with Gasteiger partial charge in [-0.1, -0.05) is 62.2 Å². The number of fused-ring (bicyclic) bond motifs is 1. The Morgan fingerprint density at radius 3 is 2.36 bits per heavy atom. The molecule has 2 unspecified atom stereocenters. The molecule has 1 saturated carbocycles. The third-order valence-electron chi connectivity index (χ3n) is 8.89. The Morgan fingerprint density at radius 1 is 1.08 bits per heavy atom. The van der Waals surface area contributed by atoms with Crippen LogP contribution in [0.5, 0.6) is 0 Å². The lowest BCUT2D eigenvalue weighted by Crippen LogP contribution is -2.64. The average molecular weight is 534 g/mol. The van der Waals surface area contributed by atoms with Gasteiger partial charge in [-0.15, -0.1) is 0 Å². The van der Waals surface area contributed by atoms with Crippen molar-refractivity contribution >= 4 is 18.2 Å². The van der Waals surface area contributed by atoms with Crippen LogP contribution in [0.2, 0.25) is 0 Å². The molecule has 1 saturated heterocycles. The molecule has 7 heteroatoms. The monoisotopic (exact) mass is 533 g/mol. The van der Waals surface area contributed by atoms with E-state index in [4.69, 9.17) is 0 Å². The Labute approximate surface area is 232 Å². The lowest BCUT2D eigenvalue weighted by atomic mass is 9.65. The van der Waals surface area contributed by atoms with Crippen molar-refractivity contribution in [1.29, 1.82) is 0 Å². The van der Waals surface area contributed by atoms with Gasteiger partial charge in [0.2, 0.25) is 12.3 Å². The van der Waals surface area contributed by atoms with Crippen LogP contribution in [0, 0.1) is 18.3 Å². The van der Waals surface area contributed by atoms with Crippen molar-refractivity contribution in [2.45, 2.75) is 64.5 Å². The topological polar surface area (TPSA) is 81.2 Å². The van der Waals surface area contributed by atoms with Gasteiger partial charge in [0.05, 0.1) is 12.1 Å². The molecular weight excluding hydrogens is 490 g/mol. The number of benzene rings is 2. The van der Waals surface area contributed by atoms with Crippen molar-refractivity contribution in [2.75, 3.05) is 33.7 Å². The largest absolute Gasteiger partial charge is 0.387 e. The quantitative estimate of drug-likeness (QED) is 0.568. The number of piperidine rings is 1. The molecule has 1 aliphatic carbocycles. The highest BCUT2D eigenvalue weighted by Gasteiger charge is 2.56. The highest BCUT2D eigenvalue weighted by atomic mass is 16.3. The summed E-state index contributed by atoms with van der Waals surface area (Å²) in [6.07, 6.45) is 5.96. The van der Waals surface area contributed by atoms with Crippen LogP contribution >= 0.6 is 0 Å². The number of amides is 3. The van der Waals surface area contributed by atoms with Crippen LogP contribution < -0.4 is 0 Å². The Morgan fingerprint density at radius 2 is 1.74 bits per heavy atom. The van der Waals surface area contributed by atoms with E-state index in [9.17, 15) is 19.5 Å². The number of carbonyl (C=O) groups is 3. The van der Waals surface area contributed by atoms with E-state index in [0.717, 1.165) is 55.2 Å². The summed E-state index contributed by atoms with van der Waals surface area (Å²) in [6, 6.07) is 16.0. The van der Waals surface area contributed by atoms with E-state index < -0.39 is 5.60 Å². The van der Waals surface area contributed by atoms with E-state index in [2.05, 4.69) is 12.1 Å². The molecule has 7 nitrogen and oxygen atoms in total. The Balaban J connectivity index is 0.000000648. The van der Waals surface area contributed by atoms with Gasteiger partial charge < -0.3 is 19.8 Å². The Hall–Kier alpha value is -3.19. The number of β-amino-alcohol motifs (C(OH)–C–C–N with tert-alkyl or cyclic N) is 1. The van der Waals surface area contributed by atoms with Crippen molar-refractivity contribution in [1.82, 2.24) is 14.7 Å². The highest BCUT2D eigenvalue weighted by Crippen LogP contribution is 2.52. The zero-order valence-corrected chi connectivity index (χ0v) is 23.9. The summed E-state index contributed by atoms with van der Waals surface area (Å²) in [4.78, 5) is 41.3. The van der Waals surface area contributed by atoms with Gasteiger partial charge in [0, 0.05) is 50.6 Å². The highest BCUT2D eigenvalue weighted by molar-refractivity contribution is 5.98. The summed E-state index contributed by atoms with van der Waals surface area (Å²) in [6.45, 7) is 6.11. The number of aliphatic hydroxyl groups is 1. The molecule has 2 aromatic carbocycles. The minimum atomic E-state index is -0.964. The summed E-state index contributed by atoms with van der Waals surface area (Å²) in [5.74, 6) is 0.109. The van der Waals surface area contributed by atoms with Crippen LogP contribution in [0.4, 0.5) is 0 Å². The normalized spacial score (nSPS) is 22.2. The first-order valence-corrected chi connectivity index (χ1v) is 14.1. The number of likely N-dealkylation sites (tertiary alicyclic amines) is 1. The van der Waals surface area contributed by atoms with Gasteiger partial charge in [-0.2, -0.15) is 0 Å². The molecule has 0 bridgehead atoms. The molecule has 5 rings (SSSR count). The summed E-state index contributed by atoms with van der Waals surface area (Å²) >= 11 is 0. The second-order valence-corrected chi connectivity index (χ2v) is 12.0. The van der Waals surface area contributed by atoms with Gasteiger partial charge in [-0.3, -0.25) is 14.4 Å². The van der Waals surface area contributed by atoms with Gasteiger partial charge in [-0.25, -0.2) is 0 Å². The van der Waals surface area contributed by atoms with Crippen LogP contribution in [0.15, 0.2) is 48.5 Å². The number of hydrogen-bond donors (Lipinski definition) is 1. The smallest absolute Gasteiger partial charge is 0.254 e. The number of carbonyl (C=O) groups excluding carboxylic acids is 3. The zero-order valence-electron chi connectivity index (χ0n) is 23.9. The van der Waals surface area contributed by atoms with E-state index in [1.807, 2.05) is 60.0 Å². The maximum absolute atomic E-state index is 13.4. The van der Waals surface area contributed by atoms with Crippen molar-refractivity contribution < 1.29 is 19.5 Å². The average Bonchev–Trinajstić information content (AvgIpc) is 3.53. The van der Waals surface area contributed by atoms with Crippen LogP contribution in [0.1, 0.15) is 66.1 Å². The fraction of sp³-hybridized carbons (Fsp3) is 0.531. The number of aryl methyl sites for hydroxylation is 1. The third kappa shape index (κ3) is 6.03. The van der Waals surface area contributed by atoms with Gasteiger partial charge in [-0.05, 0) is 55.4 Å². The molecule has 2 fully saturated rings. The zero-order chi connectivity index (χ0) is 28.2. The lowest BCUT2D eigenvalue weighted by molar-refractivity contribution is -0.162. The molecule has 2 aliphatic heterocycles. The fourth-order valence-corrected chi connectivity index (χ4v) is 6.64. The maximum atomic E-state index is 13.4. The number of rotatable bonds is 6. The molecule has 3 amide bonds. The molecule has 3 aliphatic rings. The second kappa shape index (κ2) is 11.9. The molecule has 210 valence electrons. The summed E-state index contributed by atoms with van der Waals surface area (Å²) in [7, 11) is 3.38. The van der Waals surface area contributed by atoms with Crippen molar-refractivity contribution in [3.8, 4) is 0 Å². The Bertz CT molecular complexity index is 1180. The molecule has 2 aromatic rings. The van der Waals surface area contributed by atoms with Crippen LogP contribution in [-0.4, -0.2) is 77.4 Å². The van der Waals surface area contributed by atoms with Gasteiger partial charge in [0.1, 0.15) is 0 Å². The minimum Gasteiger partial charge on any atom is -0.387 e. The molecular formula is C32H43N3O4. The van der Waals surface area contributed by atoms with Gasteiger partial charge in [0.15, 0.2) is 0 Å². The van der Waals surface area contributed by atoms with Crippen LogP contribution in [0.25, 0.3) is 0 Å². The second-order valence-electron chi connectivity index (χ2n) is 12.0. The van der Waals surface area contributed by atoms with Crippen LogP contribution in [0.3, 0.4) is 0 Å². The first-order chi connectivity index (χ1) is 18.6. The fourth-order valence-electron chi connectivity index (χ4n) is 6.64. The van der Waals surface area contributed by atoms with E-state index in [-0.39, 0.29) is 23.1 Å². The first-order valence-electron chi connectivity index (χ1n) is 14.1. The molecule has 39 heavy (non-hydrogen) atoms. The molecule has 0 radical (unpaired) electrons. The standard InChI is InChI=1S/C29H36N2O3.C3H7NO/c1-21-9-8-12-24-25(21)18-31(27(24)33)20-29(34)15-16-30(19-28(29)13-6-7-14-28)26(32)22(2)17-23-10-4-3-5-11-23;1-4(2)3-5/h3-5,8-12,22,34H,6-7,13-20H2,1-2H3;3H,1-2H3. The van der Waals surface area contributed by atoms with E-state index in [1.165, 1.54) is 10.5 Å². The number of hydrogen-bond acceptors (Lipinski definition) is 4. The summed E-state index contributed by atoms with van der Waals surface area (Å²) in [5.41, 5.74) is 2.86. The first kappa shape index (κ1) is 28.8. The third-order valence-corrected chi connectivity index (χ3v) is 8.89. The SMILES string of the molecule is CN(C)C=O.Cc1cccc2c1CN(CC1(O)CCN(C(=O)C(C)Cc3ccccc3)CC13CCCC3)C2=O. The van der Waals surface area contributed by atoms with Crippen molar-refractivity contribution in [3.63, 3.8) is 0 Å². The predicted molar refractivity (Wildman–Crippen MR) is 152 cm³/mol. The number of nitrogens with zero attached hydrogens (tertiary/aromatic N) is 3.